The molecule has 1 aromatic carbocycles. The van der Waals surface area contributed by atoms with Gasteiger partial charge >= 0.3 is 0 Å². The highest BCUT2D eigenvalue weighted by atomic mass is 79.9. The zero-order chi connectivity index (χ0) is 12.0. The summed E-state index contributed by atoms with van der Waals surface area (Å²) >= 11 is 3.58. The second-order valence-corrected chi connectivity index (χ2v) is 5.10. The lowest BCUT2D eigenvalue weighted by Gasteiger charge is -2.24. The molecular formula is C13H21BrN2. The Bertz CT molecular complexity index is 315. The van der Waals surface area contributed by atoms with E-state index < -0.39 is 0 Å². The predicted molar refractivity (Wildman–Crippen MR) is 73.6 cm³/mol. The molecule has 90 valence electrons. The third-order valence-corrected chi connectivity index (χ3v) is 3.80. The Morgan fingerprint density at radius 3 is 2.69 bits per heavy atom. The molecule has 0 heterocycles. The molecule has 2 nitrogen and oxygen atoms in total. The van der Waals surface area contributed by atoms with E-state index in [2.05, 4.69) is 53.0 Å². The first-order valence-corrected chi connectivity index (χ1v) is 6.58. The van der Waals surface area contributed by atoms with Gasteiger partial charge in [0.1, 0.15) is 0 Å². The van der Waals surface area contributed by atoms with Crippen molar-refractivity contribution in [3.05, 3.63) is 34.3 Å². The van der Waals surface area contributed by atoms with Crippen molar-refractivity contribution in [3.63, 3.8) is 0 Å². The van der Waals surface area contributed by atoms with E-state index in [1.807, 2.05) is 6.07 Å². The van der Waals surface area contributed by atoms with Crippen molar-refractivity contribution >= 4 is 15.9 Å². The number of nitrogens with zero attached hydrogens (tertiary/aromatic N) is 1. The Kier molecular flexibility index (Phi) is 6.03. The van der Waals surface area contributed by atoms with E-state index >= 15 is 0 Å². The van der Waals surface area contributed by atoms with Gasteiger partial charge in [0.2, 0.25) is 0 Å². The summed E-state index contributed by atoms with van der Waals surface area (Å²) in [4.78, 5) is 2.37. The summed E-state index contributed by atoms with van der Waals surface area (Å²) in [6, 6.07) is 8.97. The lowest BCUT2D eigenvalue weighted by molar-refractivity contribution is 0.251. The van der Waals surface area contributed by atoms with Crippen LogP contribution in [0.1, 0.15) is 18.9 Å². The molecular weight excluding hydrogens is 264 g/mol. The van der Waals surface area contributed by atoms with E-state index in [1.54, 1.807) is 0 Å². The Balaban J connectivity index is 2.42. The molecule has 0 aromatic heterocycles. The number of likely N-dealkylation sites (N-methyl/N-ethyl adjacent to an activating group) is 1. The van der Waals surface area contributed by atoms with Crippen LogP contribution in [-0.2, 0) is 6.42 Å². The molecule has 0 bridgehead atoms. The molecule has 0 aliphatic carbocycles. The molecule has 0 aliphatic heterocycles. The van der Waals surface area contributed by atoms with Gasteiger partial charge in [-0.1, -0.05) is 34.1 Å². The number of halogens is 1. The van der Waals surface area contributed by atoms with Crippen LogP contribution in [0.2, 0.25) is 0 Å². The van der Waals surface area contributed by atoms with Gasteiger partial charge in [0.05, 0.1) is 0 Å². The van der Waals surface area contributed by atoms with Gasteiger partial charge in [-0.15, -0.1) is 0 Å². The zero-order valence-corrected chi connectivity index (χ0v) is 11.7. The Morgan fingerprint density at radius 2 is 2.06 bits per heavy atom. The highest BCUT2D eigenvalue weighted by Crippen LogP contribution is 2.16. The molecule has 16 heavy (non-hydrogen) atoms. The molecule has 1 unspecified atom stereocenters. The van der Waals surface area contributed by atoms with Crippen molar-refractivity contribution in [2.24, 2.45) is 5.73 Å². The maximum absolute atomic E-state index is 5.56. The molecule has 0 fully saturated rings. The number of hydrogen-bond acceptors (Lipinski definition) is 2. The highest BCUT2D eigenvalue weighted by Gasteiger charge is 2.08. The SMILES string of the molecule is CC(CCN)N(C)CCc1ccccc1Br. The Labute approximate surface area is 107 Å². The monoisotopic (exact) mass is 284 g/mol. The molecule has 1 rings (SSSR count). The van der Waals surface area contributed by atoms with Crippen LogP contribution in [-0.4, -0.2) is 31.1 Å². The van der Waals surface area contributed by atoms with Crippen molar-refractivity contribution in [2.75, 3.05) is 20.1 Å². The van der Waals surface area contributed by atoms with Gasteiger partial charge in [0, 0.05) is 17.1 Å². The lowest BCUT2D eigenvalue weighted by atomic mass is 10.1. The molecule has 1 atom stereocenters. The zero-order valence-electron chi connectivity index (χ0n) is 10.1. The van der Waals surface area contributed by atoms with E-state index in [0.29, 0.717) is 6.04 Å². The first kappa shape index (κ1) is 13.7. The largest absolute Gasteiger partial charge is 0.330 e. The Morgan fingerprint density at radius 1 is 1.38 bits per heavy atom. The molecule has 2 N–H and O–H groups in total. The van der Waals surface area contributed by atoms with Crippen LogP contribution >= 0.6 is 15.9 Å². The van der Waals surface area contributed by atoms with Crippen LogP contribution < -0.4 is 5.73 Å². The van der Waals surface area contributed by atoms with E-state index in [1.165, 1.54) is 10.0 Å². The van der Waals surface area contributed by atoms with Gasteiger partial charge in [0.15, 0.2) is 0 Å². The van der Waals surface area contributed by atoms with Gasteiger partial charge in [-0.05, 0) is 45.0 Å². The molecule has 0 saturated heterocycles. The fraction of sp³-hybridized carbons (Fsp3) is 0.538. The summed E-state index contributed by atoms with van der Waals surface area (Å²) in [5.41, 5.74) is 6.93. The van der Waals surface area contributed by atoms with E-state index in [4.69, 9.17) is 5.73 Å². The van der Waals surface area contributed by atoms with Crippen LogP contribution in [0.4, 0.5) is 0 Å². The second kappa shape index (κ2) is 7.05. The molecule has 0 amide bonds. The summed E-state index contributed by atoms with van der Waals surface area (Å²) in [5.74, 6) is 0. The molecule has 3 heteroatoms. The van der Waals surface area contributed by atoms with Crippen molar-refractivity contribution in [3.8, 4) is 0 Å². The third kappa shape index (κ3) is 4.24. The normalized spacial score (nSPS) is 13.1. The van der Waals surface area contributed by atoms with Gasteiger partial charge in [0.25, 0.3) is 0 Å². The van der Waals surface area contributed by atoms with Crippen molar-refractivity contribution < 1.29 is 0 Å². The minimum atomic E-state index is 0.562. The van der Waals surface area contributed by atoms with Crippen molar-refractivity contribution in [2.45, 2.75) is 25.8 Å². The summed E-state index contributed by atoms with van der Waals surface area (Å²) in [6.45, 7) is 4.07. The molecule has 1 aromatic rings. The highest BCUT2D eigenvalue weighted by molar-refractivity contribution is 9.10. The summed E-state index contributed by atoms with van der Waals surface area (Å²) in [7, 11) is 2.16. The predicted octanol–water partition coefficient (Wildman–Crippen LogP) is 2.66. The molecule has 0 spiro atoms. The maximum Gasteiger partial charge on any atom is 0.0207 e. The maximum atomic E-state index is 5.56. The minimum Gasteiger partial charge on any atom is -0.330 e. The summed E-state index contributed by atoms with van der Waals surface area (Å²) in [5, 5.41) is 0. The first-order valence-electron chi connectivity index (χ1n) is 5.79. The number of hydrogen-bond donors (Lipinski definition) is 1. The van der Waals surface area contributed by atoms with E-state index in [9.17, 15) is 0 Å². The van der Waals surface area contributed by atoms with Crippen LogP contribution in [0.5, 0.6) is 0 Å². The smallest absolute Gasteiger partial charge is 0.0207 e. The van der Waals surface area contributed by atoms with Gasteiger partial charge in [-0.3, -0.25) is 0 Å². The summed E-state index contributed by atoms with van der Waals surface area (Å²) in [6.07, 6.45) is 2.14. The van der Waals surface area contributed by atoms with E-state index in [-0.39, 0.29) is 0 Å². The van der Waals surface area contributed by atoms with E-state index in [0.717, 1.165) is 25.9 Å². The first-order chi connectivity index (χ1) is 7.65. The number of nitrogens with two attached hydrogens (primary N) is 1. The van der Waals surface area contributed by atoms with Gasteiger partial charge in [-0.2, -0.15) is 0 Å². The van der Waals surface area contributed by atoms with Crippen LogP contribution in [0.15, 0.2) is 28.7 Å². The van der Waals surface area contributed by atoms with Crippen LogP contribution in [0.25, 0.3) is 0 Å². The second-order valence-electron chi connectivity index (χ2n) is 4.25. The minimum absolute atomic E-state index is 0.562. The lowest BCUT2D eigenvalue weighted by Crippen LogP contribution is -2.32. The Hall–Kier alpha value is -0.380. The van der Waals surface area contributed by atoms with Crippen LogP contribution in [0, 0.1) is 0 Å². The van der Waals surface area contributed by atoms with Crippen molar-refractivity contribution in [1.82, 2.24) is 4.90 Å². The van der Waals surface area contributed by atoms with Gasteiger partial charge < -0.3 is 10.6 Å². The number of rotatable bonds is 6. The average Bonchev–Trinajstić information content (AvgIpc) is 2.28. The van der Waals surface area contributed by atoms with Crippen LogP contribution in [0.3, 0.4) is 0 Å². The summed E-state index contributed by atoms with van der Waals surface area (Å²) < 4.78 is 1.20. The third-order valence-electron chi connectivity index (χ3n) is 3.03. The molecule has 0 saturated carbocycles. The number of benzene rings is 1. The molecule has 0 radical (unpaired) electrons. The van der Waals surface area contributed by atoms with Gasteiger partial charge in [-0.25, -0.2) is 0 Å². The topological polar surface area (TPSA) is 29.3 Å². The quantitative estimate of drug-likeness (QED) is 0.870. The fourth-order valence-corrected chi connectivity index (χ4v) is 2.16. The standard InChI is InChI=1S/C13H21BrN2/c1-11(7-9-15)16(2)10-8-12-5-3-4-6-13(12)14/h3-6,11H,7-10,15H2,1-2H3. The molecule has 0 aliphatic rings. The van der Waals surface area contributed by atoms with Crippen molar-refractivity contribution in [1.29, 1.82) is 0 Å². The average molecular weight is 285 g/mol. The fourth-order valence-electron chi connectivity index (χ4n) is 1.68.